The zero-order valence-corrected chi connectivity index (χ0v) is 32.2. The van der Waals surface area contributed by atoms with Gasteiger partial charge in [-0.05, 0) is 66.1 Å². The van der Waals surface area contributed by atoms with Gasteiger partial charge in [0, 0.05) is 43.6 Å². The monoisotopic (exact) mass is 759 g/mol. The minimum atomic E-state index is 0.323. The Bertz CT molecular complexity index is 3510. The van der Waals surface area contributed by atoms with Crippen molar-refractivity contribution in [1.29, 1.82) is 0 Å². The van der Waals surface area contributed by atoms with Crippen molar-refractivity contribution in [1.82, 2.24) is 9.13 Å². The second-order valence-corrected chi connectivity index (χ2v) is 14.7. The van der Waals surface area contributed by atoms with Crippen LogP contribution in [0.3, 0.4) is 0 Å². The highest BCUT2D eigenvalue weighted by Crippen LogP contribution is 2.41. The molecule has 0 bridgehead atoms. The predicted octanol–water partition coefficient (Wildman–Crippen LogP) is 13.1. The van der Waals surface area contributed by atoms with E-state index in [0.717, 1.165) is 99.2 Å². The van der Waals surface area contributed by atoms with Crippen molar-refractivity contribution in [2.45, 2.75) is 6.92 Å². The topological polar surface area (TPSA) is 73.7 Å². The van der Waals surface area contributed by atoms with Crippen LogP contribution in [0.1, 0.15) is 18.1 Å². The lowest BCUT2D eigenvalue weighted by Crippen LogP contribution is -2.19. The lowest BCUT2D eigenvalue weighted by molar-refractivity contribution is 0.669. The number of para-hydroxylation sites is 3. The molecule has 0 saturated heterocycles. The van der Waals surface area contributed by atoms with Gasteiger partial charge in [-0.25, -0.2) is 4.99 Å². The molecule has 2 N–H and O–H groups in total. The molecule has 6 heteroatoms. The lowest BCUT2D eigenvalue weighted by Gasteiger charge is -2.14. The molecule has 0 fully saturated rings. The number of nitrogens with two attached hydrogens (primary N) is 1. The number of hydrogen-bond acceptors (Lipinski definition) is 2. The first-order chi connectivity index (χ1) is 29.1. The van der Waals surface area contributed by atoms with Gasteiger partial charge in [0.2, 0.25) is 5.96 Å². The molecular formula is C53H37N5O. The van der Waals surface area contributed by atoms with Gasteiger partial charge >= 0.3 is 0 Å². The Morgan fingerprint density at radius 2 is 1.10 bits per heavy atom. The molecular weight excluding hydrogens is 723 g/mol. The summed E-state index contributed by atoms with van der Waals surface area (Å²) in [6, 6.07) is 65.3. The summed E-state index contributed by atoms with van der Waals surface area (Å²) in [5, 5.41) is 6.55. The summed E-state index contributed by atoms with van der Waals surface area (Å²) < 4.78 is 10.9. The molecule has 0 unspecified atom stereocenters. The third-order valence-electron chi connectivity index (χ3n) is 11.3. The van der Waals surface area contributed by atoms with Gasteiger partial charge < -0.3 is 14.7 Å². The molecule has 0 radical (unpaired) electrons. The molecule has 280 valence electrons. The normalized spacial score (nSPS) is 12.9. The maximum atomic E-state index is 7.09. The minimum Gasteiger partial charge on any atom is -0.456 e. The van der Waals surface area contributed by atoms with Gasteiger partial charge in [0.05, 0.1) is 27.8 Å². The Morgan fingerprint density at radius 3 is 1.88 bits per heavy atom. The van der Waals surface area contributed by atoms with E-state index in [9.17, 15) is 0 Å². The molecule has 0 aliphatic rings. The van der Waals surface area contributed by atoms with Crippen molar-refractivity contribution in [2.24, 2.45) is 15.7 Å². The van der Waals surface area contributed by atoms with Crippen molar-refractivity contribution in [3.05, 3.63) is 205 Å². The van der Waals surface area contributed by atoms with Crippen LogP contribution in [0.4, 0.5) is 0 Å². The Hall–Kier alpha value is -7.96. The van der Waals surface area contributed by atoms with Gasteiger partial charge in [-0.15, -0.1) is 0 Å². The zero-order chi connectivity index (χ0) is 39.5. The quantitative estimate of drug-likeness (QED) is 0.140. The fourth-order valence-corrected chi connectivity index (χ4v) is 8.63. The van der Waals surface area contributed by atoms with E-state index in [0.29, 0.717) is 11.8 Å². The molecule has 0 spiro atoms. The maximum Gasteiger partial charge on any atom is 0.237 e. The number of amidine groups is 1. The van der Waals surface area contributed by atoms with Gasteiger partial charge in [0.15, 0.2) is 0 Å². The van der Waals surface area contributed by atoms with Gasteiger partial charge in [-0.2, -0.15) is 4.99 Å². The van der Waals surface area contributed by atoms with E-state index in [1.165, 1.54) is 0 Å². The van der Waals surface area contributed by atoms with Crippen LogP contribution in [0.5, 0.6) is 0 Å². The number of benzene rings is 8. The second-order valence-electron chi connectivity index (χ2n) is 14.7. The van der Waals surface area contributed by atoms with Crippen LogP contribution in [-0.4, -0.2) is 20.9 Å². The number of fused-ring (bicyclic) bond motifs is 10. The van der Waals surface area contributed by atoms with Crippen LogP contribution >= 0.6 is 0 Å². The molecule has 3 heterocycles. The Morgan fingerprint density at radius 1 is 0.492 bits per heavy atom. The second kappa shape index (κ2) is 13.9. The summed E-state index contributed by atoms with van der Waals surface area (Å²) in [5.41, 5.74) is 18.6. The van der Waals surface area contributed by atoms with Crippen LogP contribution in [0.15, 0.2) is 209 Å². The number of aromatic nitrogens is 2. The van der Waals surface area contributed by atoms with Crippen LogP contribution in [0, 0.1) is 0 Å². The van der Waals surface area contributed by atoms with Crippen molar-refractivity contribution in [3.63, 3.8) is 0 Å². The molecule has 11 aromatic rings. The van der Waals surface area contributed by atoms with Crippen LogP contribution in [-0.2, 0) is 0 Å². The van der Waals surface area contributed by atoms with Crippen molar-refractivity contribution >= 4 is 83.0 Å². The van der Waals surface area contributed by atoms with E-state index >= 15 is 0 Å². The van der Waals surface area contributed by atoms with Crippen molar-refractivity contribution in [3.8, 4) is 16.8 Å². The third kappa shape index (κ3) is 5.64. The molecule has 0 amide bonds. The van der Waals surface area contributed by atoms with Gasteiger partial charge in [-0.1, -0.05) is 152 Å². The number of furan rings is 1. The highest BCUT2D eigenvalue weighted by atomic mass is 16.3. The van der Waals surface area contributed by atoms with Gasteiger partial charge in [-0.3, -0.25) is 4.57 Å². The molecule has 59 heavy (non-hydrogen) atoms. The summed E-state index contributed by atoms with van der Waals surface area (Å²) in [6.45, 7) is 2.01. The number of aliphatic imine (C=N–C) groups is 2. The summed E-state index contributed by atoms with van der Waals surface area (Å²) in [5.74, 6) is 0.765. The fraction of sp³-hybridized carbons (Fsp3) is 0.0189. The first-order valence-corrected chi connectivity index (χ1v) is 19.8. The van der Waals surface area contributed by atoms with Crippen molar-refractivity contribution < 1.29 is 4.42 Å². The molecule has 8 aromatic carbocycles. The molecule has 6 nitrogen and oxygen atoms in total. The SMILES string of the molecule is C/C=C(/N=C(\N=C(/N)c1ccc2c(c1)oc1ccccc12)n1c2ccccc2c2ccc3c4ccccc4n(-c4cccc(-c5ccccc5)c4)c3c21)c1ccccc1. The highest BCUT2D eigenvalue weighted by molar-refractivity contribution is 6.26. The van der Waals surface area contributed by atoms with E-state index in [2.05, 4.69) is 149 Å². The molecule has 0 saturated carbocycles. The van der Waals surface area contributed by atoms with E-state index in [1.54, 1.807) is 0 Å². The first kappa shape index (κ1) is 34.3. The summed E-state index contributed by atoms with van der Waals surface area (Å²) >= 11 is 0. The number of rotatable bonds is 5. The maximum absolute atomic E-state index is 7.09. The fourth-order valence-electron chi connectivity index (χ4n) is 8.63. The Labute approximate surface area is 340 Å². The average molecular weight is 760 g/mol. The highest BCUT2D eigenvalue weighted by Gasteiger charge is 2.23. The van der Waals surface area contributed by atoms with E-state index in [1.807, 2.05) is 61.5 Å². The Kier molecular flexibility index (Phi) is 8.08. The first-order valence-electron chi connectivity index (χ1n) is 19.8. The smallest absolute Gasteiger partial charge is 0.237 e. The molecule has 0 aliphatic carbocycles. The average Bonchev–Trinajstić information content (AvgIpc) is 3.96. The standard InChI is InChI=1S/C53H37N5O/c1-2-45(35-18-7-4-8-19-35)55-53(56-52(54)37-28-29-42-41-24-11-14-27-48(41)59-49(42)33-37)58-47-26-13-10-23-40(47)44-31-30-43-39-22-9-12-25-46(39)57(50(43)51(44)58)38-21-15-20-36(32-38)34-16-5-3-6-17-34/h2-33H,1H3,(H2,54,55,56)/b45-2+. The Balaban J connectivity index is 1.23. The molecule has 3 aromatic heterocycles. The predicted molar refractivity (Wildman–Crippen MR) is 247 cm³/mol. The molecule has 11 rings (SSSR count). The van der Waals surface area contributed by atoms with Gasteiger partial charge in [0.25, 0.3) is 0 Å². The number of nitrogens with zero attached hydrogens (tertiary/aromatic N) is 4. The van der Waals surface area contributed by atoms with Crippen LogP contribution < -0.4 is 5.73 Å². The summed E-state index contributed by atoms with van der Waals surface area (Å²) in [4.78, 5) is 10.7. The number of allylic oxidation sites excluding steroid dienone is 1. The third-order valence-corrected chi connectivity index (χ3v) is 11.3. The van der Waals surface area contributed by atoms with Gasteiger partial charge in [0.1, 0.15) is 17.0 Å². The van der Waals surface area contributed by atoms with Crippen molar-refractivity contribution in [2.75, 3.05) is 0 Å². The zero-order valence-electron chi connectivity index (χ0n) is 32.2. The van der Waals surface area contributed by atoms with Crippen LogP contribution in [0.25, 0.3) is 88.1 Å². The summed E-state index contributed by atoms with van der Waals surface area (Å²) in [6.07, 6.45) is 2.02. The lowest BCUT2D eigenvalue weighted by atomic mass is 10.1. The molecule has 0 aliphatic heterocycles. The van der Waals surface area contributed by atoms with E-state index in [-0.39, 0.29) is 0 Å². The largest absolute Gasteiger partial charge is 0.456 e. The molecule has 0 atom stereocenters. The van der Waals surface area contributed by atoms with Crippen LogP contribution in [0.2, 0.25) is 0 Å². The number of hydrogen-bond donors (Lipinski definition) is 1. The van der Waals surface area contributed by atoms with E-state index in [4.69, 9.17) is 20.1 Å². The van der Waals surface area contributed by atoms with E-state index < -0.39 is 0 Å². The summed E-state index contributed by atoms with van der Waals surface area (Å²) in [7, 11) is 0. The minimum absolute atomic E-state index is 0.323.